The average molecular weight is 241 g/mol. The molecule has 0 aliphatic heterocycles. The van der Waals surface area contributed by atoms with Crippen molar-refractivity contribution >= 4 is 5.91 Å². The Labute approximate surface area is 106 Å². The molecule has 0 heterocycles. The maximum Gasteiger partial charge on any atom is 0.248 e. The first kappa shape index (κ1) is 12.2. The number of primary amides is 1. The van der Waals surface area contributed by atoms with Crippen LogP contribution in [-0.4, -0.2) is 11.0 Å². The van der Waals surface area contributed by atoms with Crippen LogP contribution in [0.15, 0.2) is 36.4 Å². The number of rotatable bonds is 2. The van der Waals surface area contributed by atoms with Crippen molar-refractivity contribution in [2.75, 3.05) is 0 Å². The molecular weight excluding hydrogens is 226 g/mol. The third kappa shape index (κ3) is 2.35. The topological polar surface area (TPSA) is 63.3 Å². The molecule has 0 radical (unpaired) electrons. The van der Waals surface area contributed by atoms with E-state index >= 15 is 0 Å². The lowest BCUT2D eigenvalue weighted by molar-refractivity contribution is 0.1000. The first-order chi connectivity index (χ1) is 8.47. The van der Waals surface area contributed by atoms with Crippen molar-refractivity contribution in [3.05, 3.63) is 53.1 Å². The van der Waals surface area contributed by atoms with Gasteiger partial charge in [-0.1, -0.05) is 23.8 Å². The molecule has 0 spiro atoms. The van der Waals surface area contributed by atoms with Crippen LogP contribution in [0.25, 0.3) is 11.1 Å². The lowest BCUT2D eigenvalue weighted by atomic mass is 9.97. The fraction of sp³-hybridized carbons (Fsp3) is 0.133. The van der Waals surface area contributed by atoms with Gasteiger partial charge in [0.05, 0.1) is 0 Å². The Bertz CT molecular complexity index is 618. The van der Waals surface area contributed by atoms with Crippen molar-refractivity contribution in [1.82, 2.24) is 0 Å². The summed E-state index contributed by atoms with van der Waals surface area (Å²) in [6.45, 7) is 4.02. The van der Waals surface area contributed by atoms with Crippen molar-refractivity contribution in [3.63, 3.8) is 0 Å². The minimum absolute atomic E-state index is 0.0428. The van der Waals surface area contributed by atoms with Crippen LogP contribution in [-0.2, 0) is 0 Å². The third-order valence-electron chi connectivity index (χ3n) is 2.90. The van der Waals surface area contributed by atoms with E-state index in [0.29, 0.717) is 5.56 Å². The first-order valence-electron chi connectivity index (χ1n) is 5.69. The maximum absolute atomic E-state index is 11.2. The third-order valence-corrected chi connectivity index (χ3v) is 2.90. The molecule has 1 amide bonds. The van der Waals surface area contributed by atoms with E-state index in [1.807, 2.05) is 26.0 Å². The van der Waals surface area contributed by atoms with E-state index in [4.69, 9.17) is 5.73 Å². The Kier molecular flexibility index (Phi) is 3.06. The summed E-state index contributed by atoms with van der Waals surface area (Å²) < 4.78 is 0. The molecule has 0 saturated heterocycles. The zero-order valence-corrected chi connectivity index (χ0v) is 10.4. The van der Waals surface area contributed by atoms with E-state index in [-0.39, 0.29) is 5.75 Å². The lowest BCUT2D eigenvalue weighted by Gasteiger charge is -2.09. The van der Waals surface area contributed by atoms with Crippen LogP contribution in [0.5, 0.6) is 5.75 Å². The van der Waals surface area contributed by atoms with Crippen LogP contribution in [0.1, 0.15) is 21.5 Å². The van der Waals surface area contributed by atoms with Gasteiger partial charge in [0.2, 0.25) is 5.91 Å². The number of hydrogen-bond acceptors (Lipinski definition) is 2. The van der Waals surface area contributed by atoms with Crippen LogP contribution in [0.3, 0.4) is 0 Å². The van der Waals surface area contributed by atoms with Crippen LogP contribution in [0.4, 0.5) is 0 Å². The molecule has 0 bridgehead atoms. The fourth-order valence-corrected chi connectivity index (χ4v) is 2.05. The van der Waals surface area contributed by atoms with Gasteiger partial charge in [0, 0.05) is 5.56 Å². The molecule has 18 heavy (non-hydrogen) atoms. The van der Waals surface area contributed by atoms with Crippen molar-refractivity contribution in [1.29, 1.82) is 0 Å². The van der Waals surface area contributed by atoms with Crippen LogP contribution >= 0.6 is 0 Å². The summed E-state index contributed by atoms with van der Waals surface area (Å²) in [6.07, 6.45) is 0. The van der Waals surface area contributed by atoms with Crippen molar-refractivity contribution < 1.29 is 9.90 Å². The first-order valence-corrected chi connectivity index (χ1v) is 5.69. The highest BCUT2D eigenvalue weighted by Gasteiger charge is 2.08. The molecule has 0 aromatic heterocycles. The van der Waals surface area contributed by atoms with Gasteiger partial charge in [-0.2, -0.15) is 0 Å². The number of carbonyl (C=O) groups excluding carboxylic acids is 1. The number of nitrogens with two attached hydrogens (primary N) is 1. The molecule has 0 aliphatic rings. The number of carbonyl (C=O) groups is 1. The summed E-state index contributed by atoms with van der Waals surface area (Å²) in [5.41, 5.74) is 9.60. The van der Waals surface area contributed by atoms with E-state index in [0.717, 1.165) is 16.7 Å². The zero-order chi connectivity index (χ0) is 13.3. The molecule has 2 aromatic rings. The highest BCUT2D eigenvalue weighted by Crippen LogP contribution is 2.28. The molecule has 0 atom stereocenters. The quantitative estimate of drug-likeness (QED) is 0.849. The Morgan fingerprint density at radius 3 is 2.44 bits per heavy atom. The van der Waals surface area contributed by atoms with Gasteiger partial charge in [-0.3, -0.25) is 4.79 Å². The predicted molar refractivity (Wildman–Crippen MR) is 71.5 cm³/mol. The summed E-state index contributed by atoms with van der Waals surface area (Å²) in [5, 5.41) is 9.64. The number of aryl methyl sites for hydroxylation is 2. The summed E-state index contributed by atoms with van der Waals surface area (Å²) >= 11 is 0. The minimum atomic E-state index is -0.545. The summed E-state index contributed by atoms with van der Waals surface area (Å²) in [5.74, 6) is -0.502. The molecule has 92 valence electrons. The minimum Gasteiger partial charge on any atom is -0.508 e. The van der Waals surface area contributed by atoms with Crippen LogP contribution < -0.4 is 5.73 Å². The van der Waals surface area contributed by atoms with Crippen LogP contribution in [0.2, 0.25) is 0 Å². The van der Waals surface area contributed by atoms with Gasteiger partial charge in [-0.05, 0) is 48.7 Å². The summed E-state index contributed by atoms with van der Waals surface area (Å²) in [7, 11) is 0. The van der Waals surface area contributed by atoms with E-state index in [1.165, 1.54) is 11.6 Å². The van der Waals surface area contributed by atoms with E-state index in [2.05, 4.69) is 6.07 Å². The van der Waals surface area contributed by atoms with Crippen molar-refractivity contribution in [3.8, 4) is 16.9 Å². The summed E-state index contributed by atoms with van der Waals surface area (Å²) in [4.78, 5) is 11.2. The Hall–Kier alpha value is -2.29. The molecule has 0 aliphatic carbocycles. The maximum atomic E-state index is 11.2. The standard InChI is InChI=1S/C15H15NO2/c1-9-3-4-14(10(2)5-9)11-6-12(15(16)18)8-13(17)7-11/h3-8,17H,1-2H3,(H2,16,18). The highest BCUT2D eigenvalue weighted by atomic mass is 16.3. The van der Waals surface area contributed by atoms with Gasteiger partial charge >= 0.3 is 0 Å². The Morgan fingerprint density at radius 2 is 1.83 bits per heavy atom. The molecular formula is C15H15NO2. The number of hydrogen-bond donors (Lipinski definition) is 2. The smallest absolute Gasteiger partial charge is 0.248 e. The van der Waals surface area contributed by atoms with Gasteiger partial charge in [0.15, 0.2) is 0 Å². The molecule has 3 N–H and O–H groups in total. The van der Waals surface area contributed by atoms with E-state index < -0.39 is 5.91 Å². The number of benzene rings is 2. The molecule has 0 unspecified atom stereocenters. The van der Waals surface area contributed by atoms with Gasteiger partial charge in [-0.25, -0.2) is 0 Å². The number of phenolic OH excluding ortho intramolecular Hbond substituents is 1. The van der Waals surface area contributed by atoms with E-state index in [9.17, 15) is 9.90 Å². The molecule has 0 saturated carbocycles. The Balaban J connectivity index is 2.60. The number of phenols is 1. The molecule has 0 fully saturated rings. The fourth-order valence-electron chi connectivity index (χ4n) is 2.05. The lowest BCUT2D eigenvalue weighted by Crippen LogP contribution is -2.10. The largest absolute Gasteiger partial charge is 0.508 e. The second kappa shape index (κ2) is 4.53. The van der Waals surface area contributed by atoms with Gasteiger partial charge < -0.3 is 10.8 Å². The summed E-state index contributed by atoms with van der Waals surface area (Å²) in [6, 6.07) is 10.7. The monoisotopic (exact) mass is 241 g/mol. The zero-order valence-electron chi connectivity index (χ0n) is 10.4. The highest BCUT2D eigenvalue weighted by molar-refractivity contribution is 5.94. The SMILES string of the molecule is Cc1ccc(-c2cc(O)cc(C(N)=O)c2)c(C)c1. The predicted octanol–water partition coefficient (Wildman–Crippen LogP) is 2.77. The second-order valence-electron chi connectivity index (χ2n) is 4.45. The molecule has 2 rings (SSSR count). The molecule has 2 aromatic carbocycles. The molecule has 3 heteroatoms. The van der Waals surface area contributed by atoms with Crippen LogP contribution in [0, 0.1) is 13.8 Å². The van der Waals surface area contributed by atoms with Gasteiger partial charge in [0.25, 0.3) is 0 Å². The number of aromatic hydroxyl groups is 1. The Morgan fingerprint density at radius 1 is 1.11 bits per heavy atom. The van der Waals surface area contributed by atoms with Gasteiger partial charge in [0.1, 0.15) is 5.75 Å². The second-order valence-corrected chi connectivity index (χ2v) is 4.45. The van der Waals surface area contributed by atoms with Crippen molar-refractivity contribution in [2.24, 2.45) is 5.73 Å². The van der Waals surface area contributed by atoms with E-state index in [1.54, 1.807) is 12.1 Å². The number of amides is 1. The molecule has 3 nitrogen and oxygen atoms in total. The van der Waals surface area contributed by atoms with Gasteiger partial charge in [-0.15, -0.1) is 0 Å². The normalized spacial score (nSPS) is 10.3. The average Bonchev–Trinajstić information content (AvgIpc) is 2.27. The van der Waals surface area contributed by atoms with Crippen molar-refractivity contribution in [2.45, 2.75) is 13.8 Å².